The Balaban J connectivity index is 1.88. The van der Waals surface area contributed by atoms with E-state index in [2.05, 4.69) is 5.32 Å². The van der Waals surface area contributed by atoms with E-state index < -0.39 is 20.9 Å². The molecule has 1 aromatic heterocycles. The third-order valence-corrected chi connectivity index (χ3v) is 8.14. The summed E-state index contributed by atoms with van der Waals surface area (Å²) >= 11 is 1.12. The van der Waals surface area contributed by atoms with E-state index in [4.69, 9.17) is 0 Å². The summed E-state index contributed by atoms with van der Waals surface area (Å²) in [6.45, 7) is 3.75. The Morgan fingerprint density at radius 1 is 1.07 bits per heavy atom. The maximum Gasteiger partial charge on any atom is 0.251 e. The molecule has 4 nitrogen and oxygen atoms in total. The molecular formula is C21H20FNO3S2. The van der Waals surface area contributed by atoms with Gasteiger partial charge in [0.15, 0.2) is 9.84 Å². The summed E-state index contributed by atoms with van der Waals surface area (Å²) in [4.78, 5) is 12.5. The van der Waals surface area contributed by atoms with Crippen molar-refractivity contribution in [2.45, 2.75) is 23.3 Å². The quantitative estimate of drug-likeness (QED) is 0.645. The van der Waals surface area contributed by atoms with Gasteiger partial charge in [-0.15, -0.1) is 11.3 Å². The van der Waals surface area contributed by atoms with Crippen LogP contribution in [0.15, 0.2) is 64.2 Å². The molecule has 0 fully saturated rings. The predicted octanol–water partition coefficient (Wildman–Crippen LogP) is 4.45. The van der Waals surface area contributed by atoms with Gasteiger partial charge in [0.1, 0.15) is 15.3 Å². The zero-order chi connectivity index (χ0) is 20.3. The minimum Gasteiger partial charge on any atom is -0.350 e. The van der Waals surface area contributed by atoms with Crippen LogP contribution in [0, 0.1) is 19.7 Å². The van der Waals surface area contributed by atoms with Crippen LogP contribution in [-0.2, 0) is 9.84 Å². The van der Waals surface area contributed by atoms with E-state index in [9.17, 15) is 17.6 Å². The van der Waals surface area contributed by atoms with Crippen molar-refractivity contribution in [3.05, 3.63) is 88.0 Å². The summed E-state index contributed by atoms with van der Waals surface area (Å²) in [5.41, 5.74) is 2.94. The monoisotopic (exact) mass is 417 g/mol. The number of carbonyl (C=O) groups excluding carboxylic acids is 1. The Morgan fingerprint density at radius 3 is 2.39 bits per heavy atom. The highest BCUT2D eigenvalue weighted by Gasteiger charge is 2.30. The summed E-state index contributed by atoms with van der Waals surface area (Å²) in [7, 11) is -3.74. The second-order valence-corrected chi connectivity index (χ2v) is 9.83. The molecule has 1 atom stereocenters. The lowest BCUT2D eigenvalue weighted by atomic mass is 10.1. The third-order valence-electron chi connectivity index (χ3n) is 4.61. The molecule has 2 aromatic carbocycles. The van der Waals surface area contributed by atoms with Crippen LogP contribution in [-0.4, -0.2) is 20.9 Å². The van der Waals surface area contributed by atoms with Crippen molar-refractivity contribution in [2.75, 3.05) is 6.54 Å². The van der Waals surface area contributed by atoms with E-state index in [0.717, 1.165) is 22.5 Å². The SMILES string of the molecule is Cc1ccc(C(=O)NC[C@@H](c2ccc(F)cc2)S(=O)(=O)c2cccs2)cc1C. The second-order valence-electron chi connectivity index (χ2n) is 6.53. The van der Waals surface area contributed by atoms with Crippen LogP contribution in [0.25, 0.3) is 0 Å². The number of thiophene rings is 1. The lowest BCUT2D eigenvalue weighted by Gasteiger charge is -2.18. The third kappa shape index (κ3) is 4.31. The topological polar surface area (TPSA) is 63.2 Å². The van der Waals surface area contributed by atoms with Crippen molar-refractivity contribution < 1.29 is 17.6 Å². The number of amides is 1. The van der Waals surface area contributed by atoms with Gasteiger partial charge in [0.2, 0.25) is 0 Å². The van der Waals surface area contributed by atoms with Crippen LogP contribution >= 0.6 is 11.3 Å². The van der Waals surface area contributed by atoms with E-state index in [1.807, 2.05) is 19.9 Å². The minimum absolute atomic E-state index is 0.113. The fourth-order valence-electron chi connectivity index (χ4n) is 2.82. The minimum atomic E-state index is -3.74. The Hall–Kier alpha value is -2.51. The molecule has 28 heavy (non-hydrogen) atoms. The molecule has 0 bridgehead atoms. The summed E-state index contributed by atoms with van der Waals surface area (Å²) in [6, 6.07) is 13.8. The van der Waals surface area contributed by atoms with Crippen LogP contribution in [0.3, 0.4) is 0 Å². The fourth-order valence-corrected chi connectivity index (χ4v) is 5.69. The van der Waals surface area contributed by atoms with Crippen molar-refractivity contribution >= 4 is 27.1 Å². The first-order valence-electron chi connectivity index (χ1n) is 8.67. The smallest absolute Gasteiger partial charge is 0.251 e. The first-order chi connectivity index (χ1) is 13.3. The number of aryl methyl sites for hydroxylation is 2. The number of hydrogen-bond donors (Lipinski definition) is 1. The Kier molecular flexibility index (Phi) is 5.96. The van der Waals surface area contributed by atoms with Gasteiger partial charge in [-0.05, 0) is 66.2 Å². The maximum absolute atomic E-state index is 13.3. The molecule has 0 aliphatic heterocycles. The number of nitrogens with one attached hydrogen (secondary N) is 1. The first kappa shape index (κ1) is 20.2. The zero-order valence-electron chi connectivity index (χ0n) is 15.5. The van der Waals surface area contributed by atoms with E-state index in [1.165, 1.54) is 30.3 Å². The molecule has 3 rings (SSSR count). The highest BCUT2D eigenvalue weighted by molar-refractivity contribution is 7.93. The standard InChI is InChI=1S/C21H20FNO3S2/c1-14-5-6-17(12-15(14)2)21(24)23-13-19(16-7-9-18(22)10-8-16)28(25,26)20-4-3-11-27-20/h3-12,19H,13H2,1-2H3,(H,23,24)/t19-/m0/s1. The van der Waals surface area contributed by atoms with Gasteiger partial charge in [0.05, 0.1) is 0 Å². The molecule has 0 saturated heterocycles. The van der Waals surface area contributed by atoms with E-state index in [1.54, 1.807) is 23.6 Å². The largest absolute Gasteiger partial charge is 0.350 e. The van der Waals surface area contributed by atoms with Crippen molar-refractivity contribution in [3.63, 3.8) is 0 Å². The van der Waals surface area contributed by atoms with Gasteiger partial charge in [-0.2, -0.15) is 0 Å². The normalized spacial score (nSPS) is 12.5. The predicted molar refractivity (Wildman–Crippen MR) is 109 cm³/mol. The molecule has 0 aliphatic rings. The Morgan fingerprint density at radius 2 is 1.79 bits per heavy atom. The molecule has 1 amide bonds. The van der Waals surface area contributed by atoms with Crippen LogP contribution in [0.2, 0.25) is 0 Å². The molecule has 0 radical (unpaired) electrons. The van der Waals surface area contributed by atoms with Gasteiger partial charge >= 0.3 is 0 Å². The van der Waals surface area contributed by atoms with Crippen LogP contribution in [0.5, 0.6) is 0 Å². The number of carbonyl (C=O) groups is 1. The molecular weight excluding hydrogens is 397 g/mol. The van der Waals surface area contributed by atoms with Crippen molar-refractivity contribution in [1.82, 2.24) is 5.32 Å². The van der Waals surface area contributed by atoms with Gasteiger partial charge < -0.3 is 5.32 Å². The first-order valence-corrected chi connectivity index (χ1v) is 11.1. The summed E-state index contributed by atoms with van der Waals surface area (Å²) in [5, 5.41) is 3.39. The van der Waals surface area contributed by atoms with E-state index >= 15 is 0 Å². The molecule has 146 valence electrons. The number of hydrogen-bond acceptors (Lipinski definition) is 4. The van der Waals surface area contributed by atoms with Gasteiger partial charge in [0, 0.05) is 12.1 Å². The molecule has 0 saturated carbocycles. The van der Waals surface area contributed by atoms with Gasteiger partial charge in [0.25, 0.3) is 5.91 Å². The van der Waals surface area contributed by atoms with Crippen LogP contribution in [0.1, 0.15) is 32.3 Å². The lowest BCUT2D eigenvalue weighted by Crippen LogP contribution is -2.31. The lowest BCUT2D eigenvalue weighted by molar-refractivity contribution is 0.0953. The molecule has 0 aliphatic carbocycles. The van der Waals surface area contributed by atoms with Crippen molar-refractivity contribution in [2.24, 2.45) is 0 Å². The Labute approximate surface area is 168 Å². The van der Waals surface area contributed by atoms with Gasteiger partial charge in [-0.25, -0.2) is 12.8 Å². The van der Waals surface area contributed by atoms with E-state index in [-0.39, 0.29) is 16.7 Å². The van der Waals surface area contributed by atoms with Crippen molar-refractivity contribution in [1.29, 1.82) is 0 Å². The molecule has 3 aromatic rings. The molecule has 7 heteroatoms. The number of rotatable bonds is 6. The maximum atomic E-state index is 13.3. The number of benzene rings is 2. The van der Waals surface area contributed by atoms with Crippen LogP contribution in [0.4, 0.5) is 4.39 Å². The molecule has 0 spiro atoms. The average Bonchev–Trinajstić information content (AvgIpc) is 3.21. The highest BCUT2D eigenvalue weighted by Crippen LogP contribution is 2.31. The summed E-state index contributed by atoms with van der Waals surface area (Å²) < 4.78 is 39.7. The molecule has 1 N–H and O–H groups in total. The second kappa shape index (κ2) is 8.24. The summed E-state index contributed by atoms with van der Waals surface area (Å²) in [6.07, 6.45) is 0. The van der Waals surface area contributed by atoms with Gasteiger partial charge in [-0.1, -0.05) is 24.3 Å². The highest BCUT2D eigenvalue weighted by atomic mass is 32.2. The molecule has 0 unspecified atom stereocenters. The van der Waals surface area contributed by atoms with Crippen LogP contribution < -0.4 is 5.32 Å². The van der Waals surface area contributed by atoms with E-state index in [0.29, 0.717) is 11.1 Å². The fraction of sp³-hybridized carbons (Fsp3) is 0.190. The average molecular weight is 418 g/mol. The number of sulfone groups is 1. The Bertz CT molecular complexity index is 1080. The number of halogens is 1. The summed E-state index contributed by atoms with van der Waals surface area (Å²) in [5.74, 6) is -0.799. The molecule has 1 heterocycles. The zero-order valence-corrected chi connectivity index (χ0v) is 17.1. The van der Waals surface area contributed by atoms with Crippen molar-refractivity contribution in [3.8, 4) is 0 Å². The van der Waals surface area contributed by atoms with Gasteiger partial charge in [-0.3, -0.25) is 4.79 Å².